The van der Waals surface area contributed by atoms with Gasteiger partial charge in [0.05, 0.1) is 17.3 Å². The van der Waals surface area contributed by atoms with Crippen LogP contribution in [0, 0.1) is 29.1 Å². The third-order valence-electron chi connectivity index (χ3n) is 6.58. The van der Waals surface area contributed by atoms with Crippen LogP contribution in [-0.2, 0) is 19.1 Å². The molecule has 30 heavy (non-hydrogen) atoms. The van der Waals surface area contributed by atoms with Crippen LogP contribution >= 0.6 is 0 Å². The molecule has 7 nitrogen and oxygen atoms in total. The molecule has 1 aliphatic heterocycles. The predicted molar refractivity (Wildman–Crippen MR) is 110 cm³/mol. The van der Waals surface area contributed by atoms with E-state index in [1.165, 1.54) is 0 Å². The number of esters is 1. The standard InChI is InChI=1S/C23H25N3O4/c1-25-18-8-3-4-9-19(18)26(2)22(25)17(12-24)20(27)13-30-23(29)16-10-14-6-5-7-15(11-16)21(14)28/h3-4,8-9,14-16H,5-7,10-11,13H2,1-2H3. The molecule has 2 saturated carbocycles. The number of rotatable bonds is 4. The molecule has 3 aliphatic rings. The van der Waals surface area contributed by atoms with Crippen LogP contribution in [0.2, 0.25) is 0 Å². The van der Waals surface area contributed by atoms with E-state index < -0.39 is 18.4 Å². The molecule has 2 aliphatic carbocycles. The van der Waals surface area contributed by atoms with Gasteiger partial charge in [-0.25, -0.2) is 0 Å². The SMILES string of the molecule is CN1C(=C(C#N)C(=O)COC(=O)C2CC3CCCC(C2)C3=O)N(C)c2ccccc21. The number of nitriles is 1. The molecule has 0 N–H and O–H groups in total. The molecule has 0 aromatic heterocycles. The Morgan fingerprint density at radius 2 is 1.67 bits per heavy atom. The molecular formula is C23H25N3O4. The summed E-state index contributed by atoms with van der Waals surface area (Å²) in [5.41, 5.74) is 1.75. The highest BCUT2D eigenvalue weighted by atomic mass is 16.5. The summed E-state index contributed by atoms with van der Waals surface area (Å²) in [6.07, 6.45) is 3.72. The van der Waals surface area contributed by atoms with Gasteiger partial charge in [0.1, 0.15) is 23.2 Å². The average molecular weight is 407 g/mol. The van der Waals surface area contributed by atoms with E-state index in [9.17, 15) is 19.6 Å². The fourth-order valence-corrected chi connectivity index (χ4v) is 5.06. The fourth-order valence-electron chi connectivity index (χ4n) is 5.06. The highest BCUT2D eigenvalue weighted by Gasteiger charge is 2.42. The molecule has 4 rings (SSSR count). The third-order valence-corrected chi connectivity index (χ3v) is 6.58. The highest BCUT2D eigenvalue weighted by molar-refractivity contribution is 6.04. The minimum Gasteiger partial charge on any atom is -0.457 e. The van der Waals surface area contributed by atoms with Crippen molar-refractivity contribution in [1.29, 1.82) is 5.26 Å². The average Bonchev–Trinajstić information content (AvgIpc) is 2.98. The van der Waals surface area contributed by atoms with E-state index in [4.69, 9.17) is 4.74 Å². The second kappa shape index (κ2) is 7.94. The maximum Gasteiger partial charge on any atom is 0.309 e. The minimum absolute atomic E-state index is 0.0420. The first-order chi connectivity index (χ1) is 14.4. The number of carbonyl (C=O) groups is 3. The van der Waals surface area contributed by atoms with Crippen molar-refractivity contribution < 1.29 is 19.1 Å². The first-order valence-corrected chi connectivity index (χ1v) is 10.4. The van der Waals surface area contributed by atoms with Crippen molar-refractivity contribution in [2.24, 2.45) is 17.8 Å². The van der Waals surface area contributed by atoms with Crippen LogP contribution in [0.5, 0.6) is 0 Å². The Balaban J connectivity index is 1.45. The van der Waals surface area contributed by atoms with E-state index in [0.717, 1.165) is 30.6 Å². The molecule has 1 aromatic rings. The lowest BCUT2D eigenvalue weighted by atomic mass is 9.67. The number of ketones is 2. The topological polar surface area (TPSA) is 90.7 Å². The smallest absolute Gasteiger partial charge is 0.309 e. The monoisotopic (exact) mass is 407 g/mol. The number of ether oxygens (including phenoxy) is 1. The van der Waals surface area contributed by atoms with Gasteiger partial charge in [-0.05, 0) is 37.8 Å². The van der Waals surface area contributed by atoms with Crippen LogP contribution in [0.3, 0.4) is 0 Å². The van der Waals surface area contributed by atoms with Gasteiger partial charge in [-0.2, -0.15) is 5.26 Å². The van der Waals surface area contributed by atoms with Crippen LogP contribution in [0.4, 0.5) is 11.4 Å². The van der Waals surface area contributed by atoms with E-state index in [1.807, 2.05) is 30.3 Å². The Hall–Kier alpha value is -3.14. The maximum atomic E-state index is 12.8. The first-order valence-electron chi connectivity index (χ1n) is 10.4. The van der Waals surface area contributed by atoms with Crippen LogP contribution in [-0.4, -0.2) is 38.2 Å². The molecule has 0 saturated heterocycles. The van der Waals surface area contributed by atoms with Crippen LogP contribution in [0.25, 0.3) is 0 Å². The molecule has 0 radical (unpaired) electrons. The number of para-hydroxylation sites is 2. The number of hydrogen-bond acceptors (Lipinski definition) is 7. The second-order valence-electron chi connectivity index (χ2n) is 8.34. The van der Waals surface area contributed by atoms with Gasteiger partial charge in [0.25, 0.3) is 0 Å². The summed E-state index contributed by atoms with van der Waals surface area (Å²) in [7, 11) is 3.60. The lowest BCUT2D eigenvalue weighted by molar-refractivity contribution is -0.155. The number of hydrogen-bond donors (Lipinski definition) is 0. The summed E-state index contributed by atoms with van der Waals surface area (Å²) < 4.78 is 5.31. The molecule has 1 aromatic carbocycles. The molecular weight excluding hydrogens is 382 g/mol. The fraction of sp³-hybridized carbons (Fsp3) is 0.478. The lowest BCUT2D eigenvalue weighted by Gasteiger charge is -2.36. The van der Waals surface area contributed by atoms with Gasteiger partial charge < -0.3 is 14.5 Å². The first kappa shape index (κ1) is 20.1. The Kier molecular flexibility index (Phi) is 5.33. The predicted octanol–water partition coefficient (Wildman–Crippen LogP) is 2.82. The number of fused-ring (bicyclic) bond motifs is 3. The van der Waals surface area contributed by atoms with Gasteiger partial charge >= 0.3 is 5.97 Å². The second-order valence-corrected chi connectivity index (χ2v) is 8.34. The largest absolute Gasteiger partial charge is 0.457 e. The van der Waals surface area contributed by atoms with E-state index in [-0.39, 0.29) is 29.1 Å². The molecule has 2 bridgehead atoms. The van der Waals surface area contributed by atoms with Gasteiger partial charge in [0.2, 0.25) is 5.78 Å². The van der Waals surface area contributed by atoms with E-state index in [1.54, 1.807) is 23.9 Å². The third kappa shape index (κ3) is 3.36. The number of anilines is 2. The lowest BCUT2D eigenvalue weighted by Crippen LogP contribution is -2.39. The molecule has 0 amide bonds. The van der Waals surface area contributed by atoms with Gasteiger partial charge in [-0.15, -0.1) is 0 Å². The summed E-state index contributed by atoms with van der Waals surface area (Å²) in [6, 6.07) is 9.61. The molecule has 1 heterocycles. The van der Waals surface area contributed by atoms with Crippen molar-refractivity contribution >= 4 is 28.9 Å². The number of nitrogens with zero attached hydrogens (tertiary/aromatic N) is 3. The van der Waals surface area contributed by atoms with E-state index >= 15 is 0 Å². The molecule has 2 unspecified atom stereocenters. The molecule has 7 heteroatoms. The van der Waals surface area contributed by atoms with Gasteiger partial charge in [0, 0.05) is 25.9 Å². The van der Waals surface area contributed by atoms with Gasteiger partial charge in [0.15, 0.2) is 6.61 Å². The van der Waals surface area contributed by atoms with Crippen molar-refractivity contribution in [1.82, 2.24) is 0 Å². The molecule has 2 fully saturated rings. The number of carbonyl (C=O) groups excluding carboxylic acids is 3. The molecule has 0 spiro atoms. The van der Waals surface area contributed by atoms with Crippen molar-refractivity contribution in [2.45, 2.75) is 32.1 Å². The summed E-state index contributed by atoms with van der Waals surface area (Å²) in [6.45, 7) is -0.469. The zero-order valence-electron chi connectivity index (χ0n) is 17.3. The zero-order valence-corrected chi connectivity index (χ0v) is 17.3. The highest BCUT2D eigenvalue weighted by Crippen LogP contribution is 2.41. The van der Waals surface area contributed by atoms with Crippen molar-refractivity contribution in [2.75, 3.05) is 30.5 Å². The quantitative estimate of drug-likeness (QED) is 0.431. The van der Waals surface area contributed by atoms with Crippen molar-refractivity contribution in [3.8, 4) is 6.07 Å². The van der Waals surface area contributed by atoms with Crippen LogP contribution < -0.4 is 9.80 Å². The molecule has 2 atom stereocenters. The van der Waals surface area contributed by atoms with E-state index in [0.29, 0.717) is 18.7 Å². The Morgan fingerprint density at radius 1 is 1.10 bits per heavy atom. The zero-order chi connectivity index (χ0) is 21.4. The molecule has 156 valence electrons. The van der Waals surface area contributed by atoms with Crippen molar-refractivity contribution in [3.05, 3.63) is 35.7 Å². The summed E-state index contributed by atoms with van der Waals surface area (Å²) >= 11 is 0. The maximum absolute atomic E-state index is 12.8. The summed E-state index contributed by atoms with van der Waals surface area (Å²) in [5, 5.41) is 9.66. The Labute approximate surface area is 175 Å². The van der Waals surface area contributed by atoms with Crippen LogP contribution in [0.1, 0.15) is 32.1 Å². The number of benzene rings is 1. The summed E-state index contributed by atoms with van der Waals surface area (Å²) in [4.78, 5) is 41.1. The van der Waals surface area contributed by atoms with Gasteiger partial charge in [-0.1, -0.05) is 18.6 Å². The van der Waals surface area contributed by atoms with E-state index in [2.05, 4.69) is 0 Å². The Morgan fingerprint density at radius 3 is 2.20 bits per heavy atom. The summed E-state index contributed by atoms with van der Waals surface area (Å²) in [5.74, 6) is -0.665. The Bertz CT molecular complexity index is 930. The van der Waals surface area contributed by atoms with Crippen molar-refractivity contribution in [3.63, 3.8) is 0 Å². The number of Topliss-reactive ketones (excluding diaryl/α,β-unsaturated/α-hetero) is 2. The minimum atomic E-state index is -0.528. The normalized spacial score (nSPS) is 24.9. The van der Waals surface area contributed by atoms with Gasteiger partial charge in [-0.3, -0.25) is 14.4 Å². The van der Waals surface area contributed by atoms with Crippen LogP contribution in [0.15, 0.2) is 35.7 Å².